The summed E-state index contributed by atoms with van der Waals surface area (Å²) in [6, 6.07) is 11.9. The summed E-state index contributed by atoms with van der Waals surface area (Å²) in [7, 11) is 1.53. The van der Waals surface area contributed by atoms with Gasteiger partial charge in [0.05, 0.1) is 16.6 Å². The van der Waals surface area contributed by atoms with Crippen LogP contribution in [0.3, 0.4) is 0 Å². The number of aromatic nitrogens is 1. The third-order valence-corrected chi connectivity index (χ3v) is 4.19. The lowest BCUT2D eigenvalue weighted by Crippen LogP contribution is -2.23. The molecule has 1 N–H and O–H groups in total. The number of aromatic hydroxyl groups is 1. The zero-order valence-electron chi connectivity index (χ0n) is 12.4. The number of benzene rings is 2. The van der Waals surface area contributed by atoms with Crippen LogP contribution in [0.4, 0.5) is 0 Å². The van der Waals surface area contributed by atoms with Crippen LogP contribution >= 0.6 is 0 Å². The molecule has 0 saturated carbocycles. The number of phenolic OH excluding ortho intramolecular Hbond substituents is 1. The molecule has 1 aromatic heterocycles. The maximum atomic E-state index is 13.0. The lowest BCUT2D eigenvalue weighted by atomic mass is 9.86. The molecule has 0 aliphatic heterocycles. The van der Waals surface area contributed by atoms with E-state index in [4.69, 9.17) is 4.74 Å². The smallest absolute Gasteiger partial charge is 0.214 e. The van der Waals surface area contributed by atoms with Gasteiger partial charge in [0.2, 0.25) is 5.78 Å². The highest BCUT2D eigenvalue weighted by molar-refractivity contribution is 6.33. The van der Waals surface area contributed by atoms with Gasteiger partial charge in [-0.2, -0.15) is 0 Å². The minimum Gasteiger partial charge on any atom is -0.507 e. The van der Waals surface area contributed by atoms with E-state index in [-0.39, 0.29) is 40.9 Å². The third-order valence-electron chi connectivity index (χ3n) is 4.19. The second-order valence-electron chi connectivity index (χ2n) is 5.44. The van der Waals surface area contributed by atoms with E-state index in [1.165, 1.54) is 13.2 Å². The van der Waals surface area contributed by atoms with Gasteiger partial charge in [0.25, 0.3) is 0 Å². The van der Waals surface area contributed by atoms with Gasteiger partial charge in [-0.1, -0.05) is 30.3 Å². The predicted molar refractivity (Wildman–Crippen MR) is 83.9 cm³/mol. The molecular formula is C18H13NO4. The molecule has 5 heteroatoms. The van der Waals surface area contributed by atoms with Crippen LogP contribution in [0.1, 0.15) is 32.0 Å². The first-order chi connectivity index (χ1) is 11.1. The molecule has 5 nitrogen and oxygen atoms in total. The Morgan fingerprint density at radius 2 is 1.78 bits per heavy atom. The molecule has 3 aromatic rings. The number of rotatable bonds is 2. The Kier molecular flexibility index (Phi) is 2.86. The van der Waals surface area contributed by atoms with Crippen molar-refractivity contribution < 1.29 is 19.4 Å². The number of hydrogen-bond donors (Lipinski definition) is 1. The number of para-hydroxylation sites is 1. The molecule has 4 rings (SSSR count). The number of ketones is 2. The van der Waals surface area contributed by atoms with Crippen molar-refractivity contribution in [1.29, 1.82) is 0 Å². The second kappa shape index (κ2) is 4.79. The summed E-state index contributed by atoms with van der Waals surface area (Å²) in [5, 5.41) is 10.8. The Hall–Kier alpha value is -2.92. The van der Waals surface area contributed by atoms with E-state index in [0.29, 0.717) is 10.9 Å². The standard InChI is InChI=1S/C18H13NO4/c1-23-9-19-12-7-3-2-5-10(12)15-16(19)18(22)14-11(17(15)21)6-4-8-13(14)20/h2-8,20H,9H2,1H3. The van der Waals surface area contributed by atoms with E-state index in [1.54, 1.807) is 16.7 Å². The van der Waals surface area contributed by atoms with Crippen LogP contribution in [0.5, 0.6) is 5.75 Å². The van der Waals surface area contributed by atoms with Gasteiger partial charge in [0, 0.05) is 18.1 Å². The number of fused-ring (bicyclic) bond motifs is 4. The quantitative estimate of drug-likeness (QED) is 0.618. The first kappa shape index (κ1) is 13.7. The van der Waals surface area contributed by atoms with Gasteiger partial charge in [0.15, 0.2) is 5.78 Å². The molecule has 0 amide bonds. The van der Waals surface area contributed by atoms with E-state index in [1.807, 2.05) is 24.3 Å². The minimum absolute atomic E-state index is 0.0603. The molecule has 0 radical (unpaired) electrons. The molecule has 1 heterocycles. The van der Waals surface area contributed by atoms with Crippen molar-refractivity contribution in [3.8, 4) is 5.75 Å². The van der Waals surface area contributed by atoms with E-state index in [0.717, 1.165) is 5.52 Å². The summed E-state index contributed by atoms with van der Waals surface area (Å²) in [5.41, 5.74) is 1.70. The Bertz CT molecular complexity index is 984. The van der Waals surface area contributed by atoms with Gasteiger partial charge in [-0.05, 0) is 12.1 Å². The van der Waals surface area contributed by atoms with Crippen LogP contribution in [0.15, 0.2) is 42.5 Å². The molecule has 0 unspecified atom stereocenters. The number of methoxy groups -OCH3 is 1. The second-order valence-corrected chi connectivity index (χ2v) is 5.44. The maximum Gasteiger partial charge on any atom is 0.214 e. The fraction of sp³-hybridized carbons (Fsp3) is 0.111. The summed E-state index contributed by atoms with van der Waals surface area (Å²) < 4.78 is 6.88. The first-order valence-corrected chi connectivity index (χ1v) is 7.16. The Morgan fingerprint density at radius 1 is 1.00 bits per heavy atom. The molecular weight excluding hydrogens is 294 g/mol. The van der Waals surface area contributed by atoms with Gasteiger partial charge in [0.1, 0.15) is 18.2 Å². The highest BCUT2D eigenvalue weighted by Crippen LogP contribution is 2.37. The Balaban J connectivity index is 2.14. The van der Waals surface area contributed by atoms with E-state index < -0.39 is 0 Å². The number of carbonyl (C=O) groups is 2. The van der Waals surface area contributed by atoms with Crippen molar-refractivity contribution in [3.63, 3.8) is 0 Å². The van der Waals surface area contributed by atoms with E-state index >= 15 is 0 Å². The molecule has 23 heavy (non-hydrogen) atoms. The number of hydrogen-bond acceptors (Lipinski definition) is 4. The van der Waals surface area contributed by atoms with Crippen molar-refractivity contribution in [3.05, 3.63) is 64.8 Å². The van der Waals surface area contributed by atoms with Crippen molar-refractivity contribution in [2.45, 2.75) is 6.73 Å². The van der Waals surface area contributed by atoms with Crippen LogP contribution in [0, 0.1) is 0 Å². The number of carbonyl (C=O) groups excluding carboxylic acids is 2. The molecule has 114 valence electrons. The number of ether oxygens (including phenoxy) is 1. The highest BCUT2D eigenvalue weighted by atomic mass is 16.5. The fourth-order valence-corrected chi connectivity index (χ4v) is 3.25. The molecule has 2 aromatic carbocycles. The van der Waals surface area contributed by atoms with Crippen molar-refractivity contribution >= 4 is 22.5 Å². The van der Waals surface area contributed by atoms with Crippen LogP contribution in [-0.2, 0) is 11.5 Å². The predicted octanol–water partition coefficient (Wildman–Crippen LogP) is 2.73. The van der Waals surface area contributed by atoms with Crippen LogP contribution in [0.2, 0.25) is 0 Å². The van der Waals surface area contributed by atoms with Gasteiger partial charge in [-0.25, -0.2) is 0 Å². The fourth-order valence-electron chi connectivity index (χ4n) is 3.25. The van der Waals surface area contributed by atoms with E-state index in [9.17, 15) is 14.7 Å². The monoisotopic (exact) mass is 307 g/mol. The highest BCUT2D eigenvalue weighted by Gasteiger charge is 2.36. The average molecular weight is 307 g/mol. The first-order valence-electron chi connectivity index (χ1n) is 7.16. The van der Waals surface area contributed by atoms with Crippen molar-refractivity contribution in [2.75, 3.05) is 7.11 Å². The van der Waals surface area contributed by atoms with Gasteiger partial charge < -0.3 is 14.4 Å². The average Bonchev–Trinajstić information content (AvgIpc) is 2.88. The Labute approximate surface area is 131 Å². The van der Waals surface area contributed by atoms with Crippen LogP contribution in [-0.4, -0.2) is 28.3 Å². The van der Waals surface area contributed by atoms with Gasteiger partial charge >= 0.3 is 0 Å². The normalized spacial score (nSPS) is 13.3. The summed E-state index contributed by atoms with van der Waals surface area (Å²) in [5.74, 6) is -0.793. The summed E-state index contributed by atoms with van der Waals surface area (Å²) in [6.07, 6.45) is 0. The van der Waals surface area contributed by atoms with Crippen molar-refractivity contribution in [1.82, 2.24) is 4.57 Å². The molecule has 0 fully saturated rings. The minimum atomic E-state index is -0.360. The lowest BCUT2D eigenvalue weighted by molar-refractivity contribution is 0.0948. The third kappa shape index (κ3) is 1.71. The van der Waals surface area contributed by atoms with E-state index in [2.05, 4.69) is 0 Å². The van der Waals surface area contributed by atoms with Crippen LogP contribution in [0.25, 0.3) is 10.9 Å². The van der Waals surface area contributed by atoms with Gasteiger partial charge in [-0.15, -0.1) is 0 Å². The molecule has 1 aliphatic carbocycles. The Morgan fingerprint density at radius 3 is 2.57 bits per heavy atom. The van der Waals surface area contributed by atoms with Crippen LogP contribution < -0.4 is 0 Å². The molecule has 0 spiro atoms. The SMILES string of the molecule is COCn1c2c(c3ccccc31)C(=O)c1cccc(O)c1C2=O. The van der Waals surface area contributed by atoms with Gasteiger partial charge in [-0.3, -0.25) is 9.59 Å². The molecule has 0 bridgehead atoms. The molecule has 1 aliphatic rings. The lowest BCUT2D eigenvalue weighted by Gasteiger charge is -2.17. The summed E-state index contributed by atoms with van der Waals surface area (Å²) >= 11 is 0. The zero-order chi connectivity index (χ0) is 16.1. The molecule has 0 saturated heterocycles. The largest absolute Gasteiger partial charge is 0.507 e. The van der Waals surface area contributed by atoms with Crippen molar-refractivity contribution in [2.24, 2.45) is 0 Å². The molecule has 0 atom stereocenters. The summed E-state index contributed by atoms with van der Waals surface area (Å²) in [4.78, 5) is 25.9. The summed E-state index contributed by atoms with van der Waals surface area (Å²) in [6.45, 7) is 0.151. The number of nitrogens with zero attached hydrogens (tertiary/aromatic N) is 1. The number of phenols is 1. The topological polar surface area (TPSA) is 68.5 Å². The maximum absolute atomic E-state index is 13.0. The zero-order valence-corrected chi connectivity index (χ0v) is 12.4.